The monoisotopic (exact) mass is 272 g/mol. The van der Waals surface area contributed by atoms with E-state index in [-0.39, 0.29) is 19.0 Å². The fourth-order valence-electron chi connectivity index (χ4n) is 2.34. The van der Waals surface area contributed by atoms with E-state index in [0.717, 1.165) is 0 Å². The molecule has 2 amide bonds. The summed E-state index contributed by atoms with van der Waals surface area (Å²) in [6.07, 6.45) is 4.29. The van der Waals surface area contributed by atoms with E-state index >= 15 is 0 Å². The van der Waals surface area contributed by atoms with E-state index in [0.29, 0.717) is 19.1 Å². The summed E-state index contributed by atoms with van der Waals surface area (Å²) >= 11 is 0. The molecule has 0 aliphatic heterocycles. The Morgan fingerprint density at radius 1 is 1.32 bits per heavy atom. The fraction of sp³-hybridized carbons (Fsp3) is 0.846. The zero-order valence-electron chi connectivity index (χ0n) is 11.5. The van der Waals surface area contributed by atoms with E-state index in [1.54, 1.807) is 6.92 Å². The van der Waals surface area contributed by atoms with E-state index in [4.69, 9.17) is 9.84 Å². The molecule has 1 aliphatic carbocycles. The molecular formula is C13H24N2O4. The lowest BCUT2D eigenvalue weighted by molar-refractivity contribution is -0.140. The number of amides is 2. The van der Waals surface area contributed by atoms with Gasteiger partial charge in [0.15, 0.2) is 0 Å². The summed E-state index contributed by atoms with van der Waals surface area (Å²) in [4.78, 5) is 22.2. The zero-order valence-corrected chi connectivity index (χ0v) is 11.5. The highest BCUT2D eigenvalue weighted by Crippen LogP contribution is 2.23. The molecule has 1 saturated carbocycles. The van der Waals surface area contributed by atoms with Crippen molar-refractivity contribution in [3.8, 4) is 0 Å². The molecule has 6 nitrogen and oxygen atoms in total. The summed E-state index contributed by atoms with van der Waals surface area (Å²) in [5.41, 5.74) is 0. The fourth-order valence-corrected chi connectivity index (χ4v) is 2.34. The Morgan fingerprint density at radius 3 is 2.58 bits per heavy atom. The highest BCUT2D eigenvalue weighted by atomic mass is 16.5. The number of urea groups is 1. The van der Waals surface area contributed by atoms with Gasteiger partial charge >= 0.3 is 12.0 Å². The topological polar surface area (TPSA) is 87.7 Å². The van der Waals surface area contributed by atoms with Gasteiger partial charge in [0.05, 0.1) is 12.5 Å². The van der Waals surface area contributed by atoms with Gasteiger partial charge in [-0.15, -0.1) is 0 Å². The van der Waals surface area contributed by atoms with Crippen molar-refractivity contribution in [1.82, 2.24) is 10.6 Å². The molecule has 1 atom stereocenters. The van der Waals surface area contributed by atoms with E-state index in [2.05, 4.69) is 10.6 Å². The molecule has 0 spiro atoms. The number of aliphatic carboxylic acids is 1. The van der Waals surface area contributed by atoms with E-state index in [1.807, 2.05) is 0 Å². The van der Waals surface area contributed by atoms with Crippen molar-refractivity contribution >= 4 is 12.0 Å². The van der Waals surface area contributed by atoms with Crippen LogP contribution < -0.4 is 10.6 Å². The van der Waals surface area contributed by atoms with Crippen molar-refractivity contribution in [3.05, 3.63) is 0 Å². The van der Waals surface area contributed by atoms with Gasteiger partial charge in [-0.3, -0.25) is 4.79 Å². The first-order valence-electron chi connectivity index (χ1n) is 6.97. The number of carboxylic acids is 1. The normalized spacial score (nSPS) is 17.1. The van der Waals surface area contributed by atoms with Crippen LogP contribution in [0.2, 0.25) is 0 Å². The molecule has 1 fully saturated rings. The van der Waals surface area contributed by atoms with Gasteiger partial charge in [0.1, 0.15) is 0 Å². The van der Waals surface area contributed by atoms with Crippen molar-refractivity contribution in [1.29, 1.82) is 0 Å². The van der Waals surface area contributed by atoms with Crippen LogP contribution in [0.5, 0.6) is 0 Å². The smallest absolute Gasteiger partial charge is 0.314 e. The Hall–Kier alpha value is -1.30. The molecule has 0 heterocycles. The molecule has 1 rings (SSSR count). The molecular weight excluding hydrogens is 248 g/mol. The standard InChI is InChI=1S/C13H24N2O4/c1-2-19-11(7-12(16)17)9-15-13(18)14-8-10-5-3-4-6-10/h10-11H,2-9H2,1H3,(H,16,17)(H2,14,15,18). The zero-order chi connectivity index (χ0) is 14.1. The van der Waals surface area contributed by atoms with Gasteiger partial charge in [0.25, 0.3) is 0 Å². The third-order valence-corrected chi connectivity index (χ3v) is 3.32. The molecule has 1 unspecified atom stereocenters. The van der Waals surface area contributed by atoms with Gasteiger partial charge in [-0.25, -0.2) is 4.79 Å². The summed E-state index contributed by atoms with van der Waals surface area (Å²) in [5.74, 6) is -0.334. The number of rotatable bonds is 8. The molecule has 1 aliphatic rings. The SMILES string of the molecule is CCOC(CNC(=O)NCC1CCCC1)CC(=O)O. The molecule has 19 heavy (non-hydrogen) atoms. The van der Waals surface area contributed by atoms with Crippen LogP contribution in [0.4, 0.5) is 4.79 Å². The quantitative estimate of drug-likeness (QED) is 0.622. The minimum Gasteiger partial charge on any atom is -0.481 e. The largest absolute Gasteiger partial charge is 0.481 e. The second-order valence-electron chi connectivity index (χ2n) is 4.92. The Balaban J connectivity index is 2.16. The molecule has 0 aromatic carbocycles. The molecule has 0 saturated heterocycles. The predicted molar refractivity (Wildman–Crippen MR) is 71.0 cm³/mol. The number of carbonyl (C=O) groups is 2. The van der Waals surface area contributed by atoms with Crippen LogP contribution in [0.15, 0.2) is 0 Å². The first-order chi connectivity index (χ1) is 9.11. The summed E-state index contributed by atoms with van der Waals surface area (Å²) in [5, 5.41) is 14.2. The second kappa shape index (κ2) is 8.74. The van der Waals surface area contributed by atoms with Crippen molar-refractivity contribution < 1.29 is 19.4 Å². The lowest BCUT2D eigenvalue weighted by atomic mass is 10.1. The lowest BCUT2D eigenvalue weighted by Crippen LogP contribution is -2.42. The maximum atomic E-state index is 11.6. The molecule has 3 N–H and O–H groups in total. The summed E-state index contributed by atoms with van der Waals surface area (Å²) in [6.45, 7) is 3.15. The van der Waals surface area contributed by atoms with Gasteiger partial charge in [-0.05, 0) is 25.7 Å². The van der Waals surface area contributed by atoms with Crippen LogP contribution in [0.3, 0.4) is 0 Å². The Labute approximate surface area is 113 Å². The third kappa shape index (κ3) is 7.00. The number of nitrogens with one attached hydrogen (secondary N) is 2. The maximum Gasteiger partial charge on any atom is 0.314 e. The van der Waals surface area contributed by atoms with Crippen LogP contribution in [0.25, 0.3) is 0 Å². The Kier molecular flexibility index (Phi) is 7.25. The van der Waals surface area contributed by atoms with Crippen molar-refractivity contribution in [2.45, 2.75) is 45.1 Å². The highest BCUT2D eigenvalue weighted by Gasteiger charge is 2.17. The molecule has 0 bridgehead atoms. The highest BCUT2D eigenvalue weighted by molar-refractivity contribution is 5.74. The van der Waals surface area contributed by atoms with Crippen molar-refractivity contribution in [2.24, 2.45) is 5.92 Å². The average molecular weight is 272 g/mol. The van der Waals surface area contributed by atoms with Crippen molar-refractivity contribution in [2.75, 3.05) is 19.7 Å². The number of carbonyl (C=O) groups excluding carboxylic acids is 1. The van der Waals surface area contributed by atoms with Gasteiger partial charge in [-0.1, -0.05) is 12.8 Å². The van der Waals surface area contributed by atoms with Crippen LogP contribution in [-0.2, 0) is 9.53 Å². The molecule has 0 aromatic rings. The van der Waals surface area contributed by atoms with Gasteiger partial charge < -0.3 is 20.5 Å². The van der Waals surface area contributed by atoms with Gasteiger partial charge in [0.2, 0.25) is 0 Å². The predicted octanol–water partition coefficient (Wildman–Crippen LogP) is 1.36. The van der Waals surface area contributed by atoms with Crippen LogP contribution in [0.1, 0.15) is 39.0 Å². The van der Waals surface area contributed by atoms with Crippen LogP contribution in [-0.4, -0.2) is 42.9 Å². The maximum absolute atomic E-state index is 11.6. The second-order valence-corrected chi connectivity index (χ2v) is 4.92. The summed E-state index contributed by atoms with van der Waals surface area (Å²) < 4.78 is 5.26. The lowest BCUT2D eigenvalue weighted by Gasteiger charge is -2.17. The molecule has 6 heteroatoms. The summed E-state index contributed by atoms with van der Waals surface area (Å²) in [7, 11) is 0. The van der Waals surface area contributed by atoms with E-state index in [1.165, 1.54) is 25.7 Å². The van der Waals surface area contributed by atoms with Crippen LogP contribution >= 0.6 is 0 Å². The Morgan fingerprint density at radius 2 is 2.00 bits per heavy atom. The number of hydrogen-bond acceptors (Lipinski definition) is 3. The minimum absolute atomic E-state index is 0.100. The minimum atomic E-state index is -0.924. The average Bonchev–Trinajstić information content (AvgIpc) is 2.86. The summed E-state index contributed by atoms with van der Waals surface area (Å²) in [6, 6.07) is -0.248. The van der Waals surface area contributed by atoms with Gasteiger partial charge in [-0.2, -0.15) is 0 Å². The van der Waals surface area contributed by atoms with E-state index < -0.39 is 12.1 Å². The van der Waals surface area contributed by atoms with Crippen molar-refractivity contribution in [3.63, 3.8) is 0 Å². The third-order valence-electron chi connectivity index (χ3n) is 3.32. The number of ether oxygens (including phenoxy) is 1. The van der Waals surface area contributed by atoms with Gasteiger partial charge in [0, 0.05) is 19.7 Å². The molecule has 0 aromatic heterocycles. The molecule has 0 radical (unpaired) electrons. The first kappa shape index (κ1) is 15.8. The molecule has 110 valence electrons. The van der Waals surface area contributed by atoms with Crippen LogP contribution in [0, 0.1) is 5.92 Å². The number of hydrogen-bond donors (Lipinski definition) is 3. The Bertz CT molecular complexity index is 290. The first-order valence-corrected chi connectivity index (χ1v) is 6.97. The van der Waals surface area contributed by atoms with E-state index in [9.17, 15) is 9.59 Å². The number of carboxylic acid groups (broad SMARTS) is 1.